The van der Waals surface area contributed by atoms with Crippen LogP contribution in [-0.4, -0.2) is 7.05 Å². The number of fused-ring (bicyclic) bond motifs is 4. The number of nitrogens with zero attached hydrogens (tertiary/aromatic N) is 1. The smallest absolute Gasteiger partial charge is 0.0488 e. The van der Waals surface area contributed by atoms with Crippen LogP contribution in [0, 0.1) is 17.8 Å². The monoisotopic (exact) mass is 391 g/mol. The first kappa shape index (κ1) is 17.2. The zero-order valence-electron chi connectivity index (χ0n) is 17.8. The molecule has 4 bridgehead atoms. The first-order valence-corrected chi connectivity index (χ1v) is 11.8. The highest BCUT2D eigenvalue weighted by atomic mass is 15.1. The predicted molar refractivity (Wildman–Crippen MR) is 127 cm³/mol. The van der Waals surface area contributed by atoms with E-state index >= 15 is 0 Å². The van der Waals surface area contributed by atoms with Crippen molar-refractivity contribution in [3.63, 3.8) is 0 Å². The lowest BCUT2D eigenvalue weighted by Gasteiger charge is -2.57. The average Bonchev–Trinajstić information content (AvgIpc) is 2.89. The highest BCUT2D eigenvalue weighted by Gasteiger charge is 2.51. The van der Waals surface area contributed by atoms with Gasteiger partial charge in [-0.05, 0) is 102 Å². The fraction of sp³-hybridized carbons (Fsp3) is 0.379. The summed E-state index contributed by atoms with van der Waals surface area (Å²) in [6.07, 6.45) is 13.5. The lowest BCUT2D eigenvalue weighted by Crippen LogP contribution is -2.48. The van der Waals surface area contributed by atoms with Crippen LogP contribution in [0.5, 0.6) is 0 Å². The van der Waals surface area contributed by atoms with Crippen molar-refractivity contribution in [1.29, 1.82) is 0 Å². The Hall–Kier alpha value is -2.54. The molecular formula is C29H29N. The van der Waals surface area contributed by atoms with Gasteiger partial charge in [-0.2, -0.15) is 0 Å². The number of hydrogen-bond donors (Lipinski definition) is 0. The van der Waals surface area contributed by atoms with Gasteiger partial charge in [0.1, 0.15) is 0 Å². The van der Waals surface area contributed by atoms with Crippen molar-refractivity contribution >= 4 is 34.3 Å². The molecule has 4 aliphatic carbocycles. The van der Waals surface area contributed by atoms with Crippen LogP contribution in [-0.2, 0) is 5.41 Å². The Morgan fingerprint density at radius 3 is 2.23 bits per heavy atom. The predicted octanol–water partition coefficient (Wildman–Crippen LogP) is 7.56. The second-order valence-corrected chi connectivity index (χ2v) is 10.6. The molecule has 0 unspecified atom stereocenters. The van der Waals surface area contributed by atoms with Crippen molar-refractivity contribution in [3.05, 3.63) is 71.3 Å². The van der Waals surface area contributed by atoms with Crippen molar-refractivity contribution in [2.24, 2.45) is 17.8 Å². The third kappa shape index (κ3) is 2.35. The van der Waals surface area contributed by atoms with Crippen LogP contribution in [0.25, 0.3) is 22.9 Å². The lowest BCUT2D eigenvalue weighted by molar-refractivity contribution is -0.00518. The van der Waals surface area contributed by atoms with E-state index in [2.05, 4.69) is 78.7 Å². The molecule has 1 heterocycles. The van der Waals surface area contributed by atoms with E-state index in [0.717, 1.165) is 17.8 Å². The molecular weight excluding hydrogens is 362 g/mol. The van der Waals surface area contributed by atoms with Crippen LogP contribution in [0.15, 0.2) is 54.6 Å². The van der Waals surface area contributed by atoms with Gasteiger partial charge in [-0.25, -0.2) is 0 Å². The molecule has 0 radical (unpaired) electrons. The van der Waals surface area contributed by atoms with E-state index < -0.39 is 0 Å². The Bertz CT molecular complexity index is 1160. The Balaban J connectivity index is 1.35. The molecule has 150 valence electrons. The first-order valence-electron chi connectivity index (χ1n) is 11.8. The van der Waals surface area contributed by atoms with E-state index in [0.29, 0.717) is 5.41 Å². The summed E-state index contributed by atoms with van der Waals surface area (Å²) in [4.78, 5) is 2.39. The van der Waals surface area contributed by atoms with Crippen molar-refractivity contribution in [2.45, 2.75) is 43.9 Å². The van der Waals surface area contributed by atoms with Crippen molar-refractivity contribution < 1.29 is 0 Å². The Labute approximate surface area is 179 Å². The van der Waals surface area contributed by atoms with Gasteiger partial charge in [0.15, 0.2) is 0 Å². The van der Waals surface area contributed by atoms with Crippen molar-refractivity contribution in [2.75, 3.05) is 11.9 Å². The average molecular weight is 392 g/mol. The zero-order valence-corrected chi connectivity index (χ0v) is 17.8. The fourth-order valence-corrected chi connectivity index (χ4v) is 7.84. The summed E-state index contributed by atoms with van der Waals surface area (Å²) >= 11 is 0. The zero-order chi connectivity index (χ0) is 19.9. The van der Waals surface area contributed by atoms with Gasteiger partial charge in [-0.3, -0.25) is 0 Å². The third-order valence-electron chi connectivity index (χ3n) is 8.78. The van der Waals surface area contributed by atoms with E-state index in [4.69, 9.17) is 0 Å². The summed E-state index contributed by atoms with van der Waals surface area (Å²) in [6, 6.07) is 20.7. The maximum atomic E-state index is 2.55. The van der Waals surface area contributed by atoms with Gasteiger partial charge >= 0.3 is 0 Å². The molecule has 3 aromatic rings. The van der Waals surface area contributed by atoms with E-state index in [1.54, 1.807) is 5.56 Å². The summed E-state index contributed by atoms with van der Waals surface area (Å²) < 4.78 is 0. The molecule has 0 N–H and O–H groups in total. The fourth-order valence-electron chi connectivity index (χ4n) is 7.84. The van der Waals surface area contributed by atoms with Gasteiger partial charge in [0.25, 0.3) is 0 Å². The second kappa shape index (κ2) is 6.00. The number of hydrogen-bond acceptors (Lipinski definition) is 1. The number of benzene rings is 3. The summed E-state index contributed by atoms with van der Waals surface area (Å²) in [5, 5.41) is 2.65. The Morgan fingerprint density at radius 1 is 0.767 bits per heavy atom. The largest absolute Gasteiger partial charge is 0.344 e. The standard InChI is InChI=1S/C29H29N/c1-30-27-11-8-24(29-16-19-12-20(17-29)14-21(13-19)18-29)15-23(27)6-9-26-25-5-3-2-4-22(25)7-10-28(26)30/h2-11,15,19-21H,12-14,16-18H2,1H3. The molecule has 3 aromatic carbocycles. The minimum atomic E-state index is 0.460. The van der Waals surface area contributed by atoms with Crippen LogP contribution in [0.3, 0.4) is 0 Å². The van der Waals surface area contributed by atoms with Crippen LogP contribution in [0.2, 0.25) is 0 Å². The topological polar surface area (TPSA) is 3.24 Å². The molecule has 1 aliphatic heterocycles. The summed E-state index contributed by atoms with van der Waals surface area (Å²) in [5.41, 5.74) is 7.42. The lowest BCUT2D eigenvalue weighted by atomic mass is 9.48. The van der Waals surface area contributed by atoms with Gasteiger partial charge in [-0.15, -0.1) is 0 Å². The van der Waals surface area contributed by atoms with Gasteiger partial charge in [0, 0.05) is 24.0 Å². The van der Waals surface area contributed by atoms with Crippen LogP contribution in [0.4, 0.5) is 11.4 Å². The first-order chi connectivity index (χ1) is 14.7. The Morgan fingerprint density at radius 2 is 1.47 bits per heavy atom. The van der Waals surface area contributed by atoms with Crippen molar-refractivity contribution in [3.8, 4) is 0 Å². The van der Waals surface area contributed by atoms with E-state index in [1.807, 2.05) is 0 Å². The molecule has 30 heavy (non-hydrogen) atoms. The molecule has 4 saturated carbocycles. The minimum Gasteiger partial charge on any atom is -0.344 e. The molecule has 4 fully saturated rings. The van der Waals surface area contributed by atoms with Gasteiger partial charge in [0.05, 0.1) is 0 Å². The minimum absolute atomic E-state index is 0.460. The van der Waals surface area contributed by atoms with Crippen molar-refractivity contribution in [1.82, 2.24) is 0 Å². The molecule has 5 aliphatic rings. The molecule has 1 nitrogen and oxygen atoms in total. The summed E-state index contributed by atoms with van der Waals surface area (Å²) in [5.74, 6) is 2.97. The Kier molecular flexibility index (Phi) is 3.44. The van der Waals surface area contributed by atoms with Gasteiger partial charge in [0.2, 0.25) is 0 Å². The van der Waals surface area contributed by atoms with Gasteiger partial charge < -0.3 is 4.90 Å². The normalized spacial score (nSPS) is 31.0. The second-order valence-electron chi connectivity index (χ2n) is 10.6. The molecule has 0 spiro atoms. The maximum Gasteiger partial charge on any atom is 0.0488 e. The molecule has 0 atom stereocenters. The SMILES string of the molecule is CN1c2ccc(C34CC5CC(CC(C5)C3)C4)cc2C=Cc2c1ccc1ccccc21. The summed E-state index contributed by atoms with van der Waals surface area (Å²) in [6.45, 7) is 0. The molecule has 0 aromatic heterocycles. The summed E-state index contributed by atoms with van der Waals surface area (Å²) in [7, 11) is 2.23. The number of rotatable bonds is 1. The molecule has 8 rings (SSSR count). The van der Waals surface area contributed by atoms with Crippen LogP contribution >= 0.6 is 0 Å². The van der Waals surface area contributed by atoms with E-state index in [9.17, 15) is 0 Å². The maximum absolute atomic E-state index is 2.55. The van der Waals surface area contributed by atoms with Gasteiger partial charge in [-0.1, -0.05) is 48.6 Å². The van der Waals surface area contributed by atoms with E-state index in [-0.39, 0.29) is 0 Å². The van der Waals surface area contributed by atoms with Crippen LogP contribution in [0.1, 0.15) is 55.2 Å². The quantitative estimate of drug-likeness (QED) is 0.414. The highest BCUT2D eigenvalue weighted by molar-refractivity contribution is 6.01. The number of anilines is 2. The molecule has 1 heteroatoms. The molecule has 0 amide bonds. The van der Waals surface area contributed by atoms with Crippen LogP contribution < -0.4 is 4.90 Å². The van der Waals surface area contributed by atoms with E-state index in [1.165, 1.54) is 71.8 Å². The highest BCUT2D eigenvalue weighted by Crippen LogP contribution is 2.61. The third-order valence-corrected chi connectivity index (χ3v) is 8.78. The molecule has 0 saturated heterocycles.